The number of rotatable bonds is 6. The highest BCUT2D eigenvalue weighted by atomic mass is 32.2. The lowest BCUT2D eigenvalue weighted by molar-refractivity contribution is 0.479. The van der Waals surface area contributed by atoms with Gasteiger partial charge < -0.3 is 5.32 Å². The van der Waals surface area contributed by atoms with E-state index in [1.807, 2.05) is 25.1 Å². The minimum absolute atomic E-state index is 0.121. The molecule has 0 radical (unpaired) electrons. The van der Waals surface area contributed by atoms with Gasteiger partial charge in [-0.2, -0.15) is 0 Å². The highest BCUT2D eigenvalue weighted by Crippen LogP contribution is 2.32. The monoisotopic (exact) mass is 422 g/mol. The fraction of sp³-hybridized carbons (Fsp3) is 0.346. The second-order valence-electron chi connectivity index (χ2n) is 7.82. The third-order valence-electron chi connectivity index (χ3n) is 5.46. The van der Waals surface area contributed by atoms with Gasteiger partial charge in [0.25, 0.3) is 0 Å². The topological polar surface area (TPSA) is 24.4 Å². The van der Waals surface area contributed by atoms with Crippen LogP contribution in [0.4, 0.5) is 4.39 Å². The van der Waals surface area contributed by atoms with E-state index in [0.717, 1.165) is 30.1 Å². The number of hydrogen-bond donors (Lipinski definition) is 1. The minimum atomic E-state index is -0.199. The van der Waals surface area contributed by atoms with Crippen LogP contribution < -0.4 is 5.32 Å². The number of benzene rings is 1. The van der Waals surface area contributed by atoms with Gasteiger partial charge >= 0.3 is 0 Å². The molecule has 1 aromatic rings. The van der Waals surface area contributed by atoms with Crippen molar-refractivity contribution in [3.8, 4) is 0 Å². The lowest BCUT2D eigenvalue weighted by Gasteiger charge is -2.35. The van der Waals surface area contributed by atoms with E-state index in [2.05, 4.69) is 49.2 Å². The average molecular weight is 423 g/mol. The predicted octanol–water partition coefficient (Wildman–Crippen LogP) is 6.60. The summed E-state index contributed by atoms with van der Waals surface area (Å²) >= 11 is 1.63. The Hall–Kier alpha value is -2.33. The second kappa shape index (κ2) is 11.2. The van der Waals surface area contributed by atoms with Crippen molar-refractivity contribution in [2.45, 2.75) is 38.5 Å². The van der Waals surface area contributed by atoms with Crippen molar-refractivity contribution in [2.75, 3.05) is 6.54 Å². The van der Waals surface area contributed by atoms with Gasteiger partial charge in [0.1, 0.15) is 5.82 Å². The summed E-state index contributed by atoms with van der Waals surface area (Å²) in [4.78, 5) is 4.86. The van der Waals surface area contributed by atoms with E-state index in [9.17, 15) is 4.39 Å². The highest BCUT2D eigenvalue weighted by molar-refractivity contribution is 8.13. The summed E-state index contributed by atoms with van der Waals surface area (Å²) in [5.41, 5.74) is 3.57. The lowest BCUT2D eigenvalue weighted by atomic mass is 9.83. The van der Waals surface area contributed by atoms with Crippen LogP contribution in [0.1, 0.15) is 32.3 Å². The van der Waals surface area contributed by atoms with Crippen molar-refractivity contribution >= 4 is 16.9 Å². The number of nitrogens with zero attached hydrogens (tertiary/aromatic N) is 1. The Kier molecular flexibility index (Phi) is 8.32. The van der Waals surface area contributed by atoms with Crippen LogP contribution in [-0.2, 0) is 5.75 Å². The van der Waals surface area contributed by atoms with Gasteiger partial charge in [0.05, 0.1) is 12.6 Å². The van der Waals surface area contributed by atoms with E-state index in [1.165, 1.54) is 17.2 Å². The number of allylic oxidation sites excluding steroid dienone is 6. The largest absolute Gasteiger partial charge is 0.357 e. The van der Waals surface area contributed by atoms with Gasteiger partial charge in [0.15, 0.2) is 5.17 Å². The van der Waals surface area contributed by atoms with E-state index >= 15 is 0 Å². The molecule has 0 saturated heterocycles. The summed E-state index contributed by atoms with van der Waals surface area (Å²) in [7, 11) is 0. The second-order valence-corrected chi connectivity index (χ2v) is 8.78. The molecule has 0 spiro atoms. The Bertz CT molecular complexity index is 894. The summed E-state index contributed by atoms with van der Waals surface area (Å²) < 4.78 is 13.5. The van der Waals surface area contributed by atoms with Crippen LogP contribution in [0.3, 0.4) is 0 Å². The normalized spacial score (nSPS) is 24.8. The fourth-order valence-electron chi connectivity index (χ4n) is 3.89. The number of amidine groups is 1. The van der Waals surface area contributed by atoms with Crippen LogP contribution in [0.2, 0.25) is 0 Å². The first-order valence-corrected chi connectivity index (χ1v) is 11.6. The molecular formula is C26H31FN2S. The molecular weight excluding hydrogens is 391 g/mol. The first kappa shape index (κ1) is 22.4. The maximum atomic E-state index is 13.5. The smallest absolute Gasteiger partial charge is 0.157 e. The van der Waals surface area contributed by atoms with Crippen LogP contribution in [0.5, 0.6) is 0 Å². The summed E-state index contributed by atoms with van der Waals surface area (Å²) in [5, 5.41) is 4.57. The Morgan fingerprint density at radius 2 is 2.23 bits per heavy atom. The van der Waals surface area contributed by atoms with E-state index < -0.39 is 0 Å². The van der Waals surface area contributed by atoms with Gasteiger partial charge in [0, 0.05) is 11.7 Å². The van der Waals surface area contributed by atoms with E-state index in [0.29, 0.717) is 17.6 Å². The van der Waals surface area contributed by atoms with Crippen molar-refractivity contribution < 1.29 is 4.39 Å². The fourth-order valence-corrected chi connectivity index (χ4v) is 4.75. The van der Waals surface area contributed by atoms with Gasteiger partial charge in [-0.3, -0.25) is 4.99 Å². The molecule has 158 valence electrons. The number of thioether (sulfide) groups is 1. The molecule has 2 aliphatic rings. The molecule has 1 aliphatic carbocycles. The van der Waals surface area contributed by atoms with Crippen molar-refractivity contribution in [3.63, 3.8) is 0 Å². The standard InChI is InChI=1S/C26H31FN2S/c1-4-6-12-21(5-2)25-24(22-13-8-7-10-19(3)15-22)17-28-26(29-25)30-18-20-11-9-14-23(27)16-20/h4-9,11-12,14-16,19,24-25H,2,10,13,17-18H2,1,3H3,(H,28,29)/b6-4-,21-12+/t19?,24-,25+/m0/s1. The molecule has 1 heterocycles. The predicted molar refractivity (Wildman–Crippen MR) is 129 cm³/mol. The van der Waals surface area contributed by atoms with Crippen molar-refractivity contribution in [1.29, 1.82) is 0 Å². The third-order valence-corrected chi connectivity index (χ3v) is 6.45. The molecule has 0 saturated carbocycles. The molecule has 3 atom stereocenters. The maximum absolute atomic E-state index is 13.5. The van der Waals surface area contributed by atoms with Gasteiger partial charge in [0.2, 0.25) is 0 Å². The van der Waals surface area contributed by atoms with Crippen LogP contribution >= 0.6 is 11.8 Å². The summed E-state index contributed by atoms with van der Waals surface area (Å²) in [6.07, 6.45) is 17.2. The Labute approximate surface area is 184 Å². The molecule has 0 amide bonds. The SMILES string of the molecule is C=C/C(=C\C=C/C)[C@H]1NC(SCc2cccc(F)c2)=NC[C@H]1C1=CC(C)CC=CC1. The molecule has 1 N–H and O–H groups in total. The zero-order chi connectivity index (χ0) is 21.3. The first-order chi connectivity index (χ1) is 14.6. The third kappa shape index (κ3) is 6.09. The van der Waals surface area contributed by atoms with Gasteiger partial charge in [-0.1, -0.05) is 85.5 Å². The van der Waals surface area contributed by atoms with Crippen molar-refractivity contribution in [2.24, 2.45) is 16.8 Å². The highest BCUT2D eigenvalue weighted by Gasteiger charge is 2.31. The Balaban J connectivity index is 1.83. The Morgan fingerprint density at radius 1 is 1.37 bits per heavy atom. The van der Waals surface area contributed by atoms with E-state index in [1.54, 1.807) is 23.9 Å². The lowest BCUT2D eigenvalue weighted by Crippen LogP contribution is -2.46. The van der Waals surface area contributed by atoms with Gasteiger partial charge in [-0.15, -0.1) is 0 Å². The minimum Gasteiger partial charge on any atom is -0.357 e. The Morgan fingerprint density at radius 3 is 3.00 bits per heavy atom. The average Bonchev–Trinajstić information content (AvgIpc) is 2.97. The van der Waals surface area contributed by atoms with E-state index in [4.69, 9.17) is 4.99 Å². The number of nitrogens with one attached hydrogen (secondary N) is 1. The molecule has 3 rings (SSSR count). The molecule has 4 heteroatoms. The van der Waals surface area contributed by atoms with Gasteiger partial charge in [-0.25, -0.2) is 4.39 Å². The molecule has 1 aromatic carbocycles. The molecule has 0 fully saturated rings. The number of halogens is 1. The molecule has 1 aliphatic heterocycles. The molecule has 0 bridgehead atoms. The molecule has 0 aromatic heterocycles. The number of aliphatic imine (C=N–C) groups is 1. The van der Waals surface area contributed by atoms with Crippen LogP contribution in [0.25, 0.3) is 0 Å². The first-order valence-electron chi connectivity index (χ1n) is 10.6. The maximum Gasteiger partial charge on any atom is 0.157 e. The molecule has 1 unspecified atom stereocenters. The summed E-state index contributed by atoms with van der Waals surface area (Å²) in [6.45, 7) is 9.10. The number of hydrogen-bond acceptors (Lipinski definition) is 3. The summed E-state index contributed by atoms with van der Waals surface area (Å²) in [5.74, 6) is 1.32. The summed E-state index contributed by atoms with van der Waals surface area (Å²) in [6, 6.07) is 6.88. The quantitative estimate of drug-likeness (QED) is 0.412. The molecule has 2 nitrogen and oxygen atoms in total. The van der Waals surface area contributed by atoms with Crippen molar-refractivity contribution in [1.82, 2.24) is 5.32 Å². The van der Waals surface area contributed by atoms with Gasteiger partial charge in [-0.05, 0) is 49.0 Å². The van der Waals surface area contributed by atoms with Crippen molar-refractivity contribution in [3.05, 3.63) is 95.9 Å². The zero-order valence-corrected chi connectivity index (χ0v) is 18.7. The zero-order valence-electron chi connectivity index (χ0n) is 17.9. The molecule has 30 heavy (non-hydrogen) atoms. The van der Waals surface area contributed by atoms with E-state index in [-0.39, 0.29) is 11.9 Å². The van der Waals surface area contributed by atoms with Crippen LogP contribution in [-0.4, -0.2) is 17.8 Å². The van der Waals surface area contributed by atoms with Crippen LogP contribution in [0, 0.1) is 17.7 Å². The van der Waals surface area contributed by atoms with Crippen LogP contribution in [0.15, 0.2) is 89.5 Å².